The number of nitrogens with one attached hydrogen (secondary N) is 2. The maximum Gasteiger partial charge on any atom is 0.277 e. The van der Waals surface area contributed by atoms with Crippen LogP contribution in [-0.2, 0) is 16.8 Å². The van der Waals surface area contributed by atoms with E-state index in [4.69, 9.17) is 0 Å². The molecule has 0 fully saturated rings. The zero-order valence-electron chi connectivity index (χ0n) is 9.77. The fourth-order valence-electron chi connectivity index (χ4n) is 1.22. The molecule has 2 N–H and O–H groups in total. The first-order valence-electron chi connectivity index (χ1n) is 5.42. The summed E-state index contributed by atoms with van der Waals surface area (Å²) in [7, 11) is -3.44. The molecule has 18 heavy (non-hydrogen) atoms. The van der Waals surface area contributed by atoms with Crippen LogP contribution < -0.4 is 9.44 Å². The third kappa shape index (κ3) is 6.74. The van der Waals surface area contributed by atoms with Crippen LogP contribution >= 0.6 is 15.9 Å². The molecule has 98 valence electrons. The van der Waals surface area contributed by atoms with E-state index in [-0.39, 0.29) is 6.54 Å². The number of halogens is 1. The van der Waals surface area contributed by atoms with Gasteiger partial charge in [0.1, 0.15) is 0 Å². The summed E-state index contributed by atoms with van der Waals surface area (Å²) in [5.41, 5.74) is 3.73. The molecule has 0 heterocycles. The van der Waals surface area contributed by atoms with Gasteiger partial charge in [-0.2, -0.15) is 13.1 Å². The highest BCUT2D eigenvalue weighted by Crippen LogP contribution is 1.97. The topological polar surface area (TPSA) is 58.2 Å². The molecule has 0 aliphatic rings. The average Bonchev–Trinajstić information content (AvgIpc) is 2.38. The molecule has 0 radical (unpaired) electrons. The Morgan fingerprint density at radius 1 is 1.22 bits per heavy atom. The highest BCUT2D eigenvalue weighted by Gasteiger charge is 2.07. The summed E-state index contributed by atoms with van der Waals surface area (Å²) >= 11 is 3.07. The normalized spacial score (nSPS) is 10.7. The SMILES string of the molecule is O=S(=O)(NCCC=C=CBr)NCc1ccccc1. The molecule has 0 bridgehead atoms. The van der Waals surface area contributed by atoms with Crippen LogP contribution in [0.1, 0.15) is 12.0 Å². The number of rotatable bonds is 7. The molecular formula is C12H15BrN2O2S. The minimum Gasteiger partial charge on any atom is -0.202 e. The molecule has 4 nitrogen and oxygen atoms in total. The van der Waals surface area contributed by atoms with Crippen molar-refractivity contribution in [3.63, 3.8) is 0 Å². The molecule has 0 amide bonds. The quantitative estimate of drug-likeness (QED) is 0.594. The Bertz CT molecular complexity index is 508. The second-order valence-corrected chi connectivity index (χ2v) is 5.52. The molecular weight excluding hydrogens is 316 g/mol. The highest BCUT2D eigenvalue weighted by atomic mass is 79.9. The molecule has 0 saturated carbocycles. The van der Waals surface area contributed by atoms with Gasteiger partial charge in [-0.3, -0.25) is 0 Å². The van der Waals surface area contributed by atoms with Crippen LogP contribution in [0, 0.1) is 0 Å². The molecule has 0 spiro atoms. The van der Waals surface area contributed by atoms with Crippen molar-refractivity contribution < 1.29 is 8.42 Å². The summed E-state index contributed by atoms with van der Waals surface area (Å²) in [5, 5.41) is 0. The van der Waals surface area contributed by atoms with Crippen LogP contribution in [0.25, 0.3) is 0 Å². The van der Waals surface area contributed by atoms with Gasteiger partial charge in [-0.1, -0.05) is 46.3 Å². The monoisotopic (exact) mass is 330 g/mol. The predicted octanol–water partition coefficient (Wildman–Crippen LogP) is 2.06. The summed E-state index contributed by atoms with van der Waals surface area (Å²) in [4.78, 5) is 1.59. The lowest BCUT2D eigenvalue weighted by Crippen LogP contribution is -2.36. The van der Waals surface area contributed by atoms with Gasteiger partial charge in [0.2, 0.25) is 0 Å². The van der Waals surface area contributed by atoms with Crippen LogP contribution in [-0.4, -0.2) is 15.0 Å². The summed E-state index contributed by atoms with van der Waals surface area (Å²) in [6, 6.07) is 9.36. The molecule has 0 aliphatic heterocycles. The Labute approximate surface area is 116 Å². The Balaban J connectivity index is 2.34. The second-order valence-electron chi connectivity index (χ2n) is 3.47. The molecule has 0 aromatic heterocycles. The van der Waals surface area contributed by atoms with Crippen molar-refractivity contribution in [2.24, 2.45) is 0 Å². The van der Waals surface area contributed by atoms with Crippen LogP contribution in [0.3, 0.4) is 0 Å². The first-order valence-corrected chi connectivity index (χ1v) is 7.82. The zero-order chi connectivity index (χ0) is 13.3. The fraction of sp³-hybridized carbons (Fsp3) is 0.250. The number of hydrogen-bond donors (Lipinski definition) is 2. The third-order valence-corrected chi connectivity index (χ3v) is 3.44. The van der Waals surface area contributed by atoms with Gasteiger partial charge in [0.15, 0.2) is 0 Å². The fourth-order valence-corrected chi connectivity index (χ4v) is 2.25. The van der Waals surface area contributed by atoms with Crippen LogP contribution in [0.2, 0.25) is 0 Å². The maximum absolute atomic E-state index is 11.6. The van der Waals surface area contributed by atoms with E-state index in [1.54, 1.807) is 11.1 Å². The predicted molar refractivity (Wildman–Crippen MR) is 76.4 cm³/mol. The minimum atomic E-state index is -3.44. The van der Waals surface area contributed by atoms with Gasteiger partial charge in [-0.05, 0) is 18.1 Å². The zero-order valence-corrected chi connectivity index (χ0v) is 12.2. The standard InChI is InChI=1S/C12H15BrN2O2S/c13-9-5-2-6-10-14-18(16,17)15-11-12-7-3-1-4-8-12/h1-4,7-9,14-15H,6,10-11H2. The van der Waals surface area contributed by atoms with Crippen LogP contribution in [0.15, 0.2) is 47.1 Å². The van der Waals surface area contributed by atoms with E-state index in [0.717, 1.165) is 5.56 Å². The molecule has 0 atom stereocenters. The van der Waals surface area contributed by atoms with Crippen molar-refractivity contribution >= 4 is 26.1 Å². The highest BCUT2D eigenvalue weighted by molar-refractivity contribution is 9.11. The van der Waals surface area contributed by atoms with Gasteiger partial charge in [0.05, 0.1) is 0 Å². The van der Waals surface area contributed by atoms with Crippen molar-refractivity contribution in [2.75, 3.05) is 6.54 Å². The molecule has 6 heteroatoms. The molecule has 0 unspecified atom stereocenters. The van der Waals surface area contributed by atoms with Crippen LogP contribution in [0.5, 0.6) is 0 Å². The number of hydrogen-bond acceptors (Lipinski definition) is 2. The summed E-state index contributed by atoms with van der Waals surface area (Å²) in [6.45, 7) is 0.630. The van der Waals surface area contributed by atoms with Crippen molar-refractivity contribution in [2.45, 2.75) is 13.0 Å². The number of benzene rings is 1. The Morgan fingerprint density at radius 3 is 2.61 bits per heavy atom. The van der Waals surface area contributed by atoms with Gasteiger partial charge >= 0.3 is 0 Å². The van der Waals surface area contributed by atoms with Crippen molar-refractivity contribution in [3.05, 3.63) is 52.7 Å². The Kier molecular flexibility index (Phi) is 6.93. The Hall–Kier alpha value is -0.910. The van der Waals surface area contributed by atoms with E-state index in [2.05, 4.69) is 31.1 Å². The van der Waals surface area contributed by atoms with E-state index in [0.29, 0.717) is 13.0 Å². The van der Waals surface area contributed by atoms with E-state index in [1.807, 2.05) is 30.3 Å². The van der Waals surface area contributed by atoms with Gasteiger partial charge < -0.3 is 0 Å². The second kappa shape index (κ2) is 8.24. The maximum atomic E-state index is 11.6. The molecule has 0 saturated heterocycles. The smallest absolute Gasteiger partial charge is 0.202 e. The third-order valence-electron chi connectivity index (χ3n) is 2.07. The molecule has 0 aliphatic carbocycles. The lowest BCUT2D eigenvalue weighted by atomic mass is 10.2. The molecule has 1 rings (SSSR count). The lowest BCUT2D eigenvalue weighted by molar-refractivity contribution is 0.566. The molecule has 1 aromatic rings. The van der Waals surface area contributed by atoms with E-state index in [1.165, 1.54) is 0 Å². The summed E-state index contributed by atoms with van der Waals surface area (Å²) in [6.07, 6.45) is 2.34. The van der Waals surface area contributed by atoms with Crippen molar-refractivity contribution in [1.29, 1.82) is 0 Å². The van der Waals surface area contributed by atoms with E-state index < -0.39 is 10.2 Å². The van der Waals surface area contributed by atoms with Crippen LogP contribution in [0.4, 0.5) is 0 Å². The lowest BCUT2D eigenvalue weighted by Gasteiger charge is -2.07. The summed E-state index contributed by atoms with van der Waals surface area (Å²) in [5.74, 6) is 0. The van der Waals surface area contributed by atoms with Gasteiger partial charge in [0, 0.05) is 18.1 Å². The first-order chi connectivity index (χ1) is 8.64. The van der Waals surface area contributed by atoms with Crippen molar-refractivity contribution in [3.8, 4) is 0 Å². The van der Waals surface area contributed by atoms with Gasteiger partial charge in [0.25, 0.3) is 10.2 Å². The average molecular weight is 331 g/mol. The largest absolute Gasteiger partial charge is 0.277 e. The van der Waals surface area contributed by atoms with Crippen molar-refractivity contribution in [1.82, 2.24) is 9.44 Å². The molecule has 1 aromatic carbocycles. The van der Waals surface area contributed by atoms with E-state index in [9.17, 15) is 8.42 Å². The van der Waals surface area contributed by atoms with E-state index >= 15 is 0 Å². The first kappa shape index (κ1) is 15.1. The Morgan fingerprint density at radius 2 is 1.94 bits per heavy atom. The minimum absolute atomic E-state index is 0.285. The summed E-state index contributed by atoms with van der Waals surface area (Å²) < 4.78 is 28.1. The van der Waals surface area contributed by atoms with Gasteiger partial charge in [-0.25, -0.2) is 4.72 Å². The van der Waals surface area contributed by atoms with Gasteiger partial charge in [-0.15, -0.1) is 5.73 Å².